The first-order valence-electron chi connectivity index (χ1n) is 3.83. The summed E-state index contributed by atoms with van der Waals surface area (Å²) < 4.78 is 1.52. The molecule has 1 heterocycles. The van der Waals surface area contributed by atoms with Crippen LogP contribution < -0.4 is 10.8 Å². The molecule has 0 radical (unpaired) electrons. The maximum Gasteiger partial charge on any atom is 0.0847 e. The SMILES string of the molecule is CC(C)[NH3+].O=C([O-])c1cc(Br)c(Br)s1. The van der Waals surface area contributed by atoms with E-state index in [1.54, 1.807) is 0 Å². The van der Waals surface area contributed by atoms with Crippen LogP contribution in [0.1, 0.15) is 23.5 Å². The lowest BCUT2D eigenvalue weighted by molar-refractivity contribution is -0.407. The fraction of sp³-hybridized carbons (Fsp3) is 0.375. The molecule has 0 aromatic carbocycles. The Labute approximate surface area is 104 Å². The third-order valence-electron chi connectivity index (χ3n) is 0.846. The molecule has 1 rings (SSSR count). The van der Waals surface area contributed by atoms with E-state index in [0.29, 0.717) is 6.04 Å². The lowest BCUT2D eigenvalue weighted by atomic mass is 10.5. The van der Waals surface area contributed by atoms with Crippen molar-refractivity contribution < 1.29 is 15.6 Å². The fourth-order valence-corrected chi connectivity index (χ4v) is 2.32. The van der Waals surface area contributed by atoms with Gasteiger partial charge in [0.25, 0.3) is 0 Å². The second kappa shape index (κ2) is 6.55. The molecule has 0 saturated carbocycles. The summed E-state index contributed by atoms with van der Waals surface area (Å²) in [6.45, 7) is 4.11. The van der Waals surface area contributed by atoms with E-state index in [0.717, 1.165) is 19.6 Å². The van der Waals surface area contributed by atoms with E-state index in [9.17, 15) is 9.90 Å². The highest BCUT2D eigenvalue weighted by Gasteiger charge is 2.03. The lowest BCUT2D eigenvalue weighted by Crippen LogP contribution is -2.57. The molecule has 1 aromatic heterocycles. The number of rotatable bonds is 1. The number of carboxylic acid groups (broad SMARTS) is 1. The molecule has 0 bridgehead atoms. The number of aromatic carboxylic acids is 1. The highest BCUT2D eigenvalue weighted by atomic mass is 79.9. The van der Waals surface area contributed by atoms with Crippen molar-refractivity contribution in [3.63, 3.8) is 0 Å². The fourth-order valence-electron chi connectivity index (χ4n) is 0.447. The van der Waals surface area contributed by atoms with Gasteiger partial charge in [-0.15, -0.1) is 11.3 Å². The zero-order valence-electron chi connectivity index (χ0n) is 7.84. The standard InChI is InChI=1S/C5H2Br2O2S.C3H9N/c6-2-1-3(5(8)9)10-4(2)7;1-3(2)4/h1H,(H,8,9);3H,4H2,1-2H3. The summed E-state index contributed by atoms with van der Waals surface area (Å²) in [4.78, 5) is 10.4. The molecule has 0 unspecified atom stereocenters. The molecule has 80 valence electrons. The molecule has 0 aliphatic heterocycles. The maximum atomic E-state index is 10.2. The normalized spacial score (nSPS) is 9.57. The lowest BCUT2D eigenvalue weighted by Gasteiger charge is -1.92. The van der Waals surface area contributed by atoms with Crippen molar-refractivity contribution in [2.75, 3.05) is 0 Å². The monoisotopic (exact) mass is 343 g/mol. The Kier molecular flexibility index (Phi) is 6.59. The van der Waals surface area contributed by atoms with Gasteiger partial charge in [0.1, 0.15) is 0 Å². The third kappa shape index (κ3) is 5.74. The minimum absolute atomic E-state index is 0.221. The van der Waals surface area contributed by atoms with Crippen LogP contribution >= 0.6 is 43.2 Å². The van der Waals surface area contributed by atoms with Gasteiger partial charge in [0, 0.05) is 4.47 Å². The summed E-state index contributed by atoms with van der Waals surface area (Å²) in [6.07, 6.45) is 0. The first kappa shape index (κ1) is 14.1. The van der Waals surface area contributed by atoms with E-state index >= 15 is 0 Å². The van der Waals surface area contributed by atoms with Gasteiger partial charge in [-0.2, -0.15) is 0 Å². The van der Waals surface area contributed by atoms with Crippen molar-refractivity contribution in [3.8, 4) is 0 Å². The van der Waals surface area contributed by atoms with Crippen LogP contribution in [0.15, 0.2) is 14.3 Å². The molecule has 3 N–H and O–H groups in total. The van der Waals surface area contributed by atoms with Gasteiger partial charge in [-0.3, -0.25) is 0 Å². The van der Waals surface area contributed by atoms with Crippen LogP contribution in [0.25, 0.3) is 0 Å². The first-order chi connectivity index (χ1) is 6.34. The quantitative estimate of drug-likeness (QED) is 0.833. The summed E-state index contributed by atoms with van der Waals surface area (Å²) in [5, 5.41) is 10.2. The molecule has 6 heteroatoms. The molecule has 1 aromatic rings. The van der Waals surface area contributed by atoms with E-state index in [1.807, 2.05) is 0 Å². The highest BCUT2D eigenvalue weighted by Crippen LogP contribution is 2.31. The van der Waals surface area contributed by atoms with Gasteiger partial charge in [0.15, 0.2) is 0 Å². The summed E-state index contributed by atoms with van der Waals surface area (Å²) in [6, 6.07) is 2.09. The number of thiophene rings is 1. The number of halogens is 2. The van der Waals surface area contributed by atoms with Gasteiger partial charge in [-0.1, -0.05) is 0 Å². The molecule has 0 atom stereocenters. The molecular weight excluding hydrogens is 334 g/mol. The van der Waals surface area contributed by atoms with Crippen LogP contribution in [-0.2, 0) is 0 Å². The molecule has 0 saturated heterocycles. The van der Waals surface area contributed by atoms with E-state index < -0.39 is 5.97 Å². The Hall–Kier alpha value is 0.0900. The molecular formula is C8H11Br2NO2S. The predicted octanol–water partition coefficient (Wildman–Crippen LogP) is 1.27. The summed E-state index contributed by atoms with van der Waals surface area (Å²) >= 11 is 7.45. The Balaban J connectivity index is 0.000000364. The third-order valence-corrected chi connectivity index (χ3v) is 4.08. The van der Waals surface area contributed by atoms with Crippen molar-refractivity contribution >= 4 is 49.2 Å². The minimum atomic E-state index is -1.14. The van der Waals surface area contributed by atoms with E-state index in [1.165, 1.54) is 6.07 Å². The molecule has 14 heavy (non-hydrogen) atoms. The number of quaternary nitrogens is 1. The number of hydrogen-bond donors (Lipinski definition) is 1. The Morgan fingerprint density at radius 1 is 1.57 bits per heavy atom. The van der Waals surface area contributed by atoms with E-state index in [-0.39, 0.29) is 4.88 Å². The van der Waals surface area contributed by atoms with Crippen LogP contribution in [0.4, 0.5) is 0 Å². The van der Waals surface area contributed by atoms with Gasteiger partial charge < -0.3 is 15.6 Å². The predicted molar refractivity (Wildman–Crippen MR) is 62.1 cm³/mol. The highest BCUT2D eigenvalue weighted by molar-refractivity contribution is 9.13. The summed E-state index contributed by atoms with van der Waals surface area (Å²) in [5.41, 5.74) is 3.64. The average molecular weight is 345 g/mol. The van der Waals surface area contributed by atoms with Gasteiger partial charge in [0.05, 0.1) is 20.7 Å². The smallest absolute Gasteiger partial charge is 0.0847 e. The van der Waals surface area contributed by atoms with E-state index in [2.05, 4.69) is 51.4 Å². The Bertz CT molecular complexity index is 290. The van der Waals surface area contributed by atoms with Crippen LogP contribution in [0, 0.1) is 0 Å². The van der Waals surface area contributed by atoms with Gasteiger partial charge in [-0.05, 0) is 51.8 Å². The molecule has 3 nitrogen and oxygen atoms in total. The molecule has 0 amide bonds. The van der Waals surface area contributed by atoms with Crippen molar-refractivity contribution in [2.45, 2.75) is 19.9 Å². The van der Waals surface area contributed by atoms with Crippen LogP contribution in [0.5, 0.6) is 0 Å². The topological polar surface area (TPSA) is 67.8 Å². The van der Waals surface area contributed by atoms with E-state index in [4.69, 9.17) is 0 Å². The molecule has 0 aliphatic carbocycles. The average Bonchev–Trinajstić information content (AvgIpc) is 2.31. The number of carbonyl (C=O) groups is 1. The van der Waals surface area contributed by atoms with Crippen molar-refractivity contribution in [3.05, 3.63) is 19.2 Å². The number of hydrogen-bond acceptors (Lipinski definition) is 3. The minimum Gasteiger partial charge on any atom is -0.544 e. The van der Waals surface area contributed by atoms with Crippen molar-refractivity contribution in [1.82, 2.24) is 0 Å². The molecule has 0 aliphatic rings. The Morgan fingerprint density at radius 2 is 2.00 bits per heavy atom. The maximum absolute atomic E-state index is 10.2. The molecule has 0 fully saturated rings. The first-order valence-corrected chi connectivity index (χ1v) is 6.24. The van der Waals surface area contributed by atoms with Gasteiger partial charge in [0.2, 0.25) is 0 Å². The van der Waals surface area contributed by atoms with Crippen LogP contribution in [0.3, 0.4) is 0 Å². The van der Waals surface area contributed by atoms with Crippen LogP contribution in [-0.4, -0.2) is 12.0 Å². The van der Waals surface area contributed by atoms with Gasteiger partial charge in [-0.25, -0.2) is 0 Å². The largest absolute Gasteiger partial charge is 0.544 e. The summed E-state index contributed by atoms with van der Waals surface area (Å²) in [5.74, 6) is -1.14. The van der Waals surface area contributed by atoms with Crippen LogP contribution in [0.2, 0.25) is 0 Å². The zero-order chi connectivity index (χ0) is 11.3. The second-order valence-corrected chi connectivity index (χ2v) is 6.14. The van der Waals surface area contributed by atoms with Crippen molar-refractivity contribution in [1.29, 1.82) is 0 Å². The Morgan fingerprint density at radius 3 is 2.14 bits per heavy atom. The van der Waals surface area contributed by atoms with Gasteiger partial charge >= 0.3 is 0 Å². The molecule has 0 spiro atoms. The summed E-state index contributed by atoms with van der Waals surface area (Å²) in [7, 11) is 0. The number of carboxylic acids is 1. The van der Waals surface area contributed by atoms with Crippen molar-refractivity contribution in [2.24, 2.45) is 0 Å². The zero-order valence-corrected chi connectivity index (χ0v) is 11.8. The number of carbonyl (C=O) groups excluding carboxylic acids is 1. The second-order valence-electron chi connectivity index (χ2n) is 2.91.